The maximum atomic E-state index is 4.60. The van der Waals surface area contributed by atoms with Crippen molar-refractivity contribution < 1.29 is 0 Å². The van der Waals surface area contributed by atoms with Gasteiger partial charge in [-0.25, -0.2) is 4.99 Å². The van der Waals surface area contributed by atoms with Crippen molar-refractivity contribution in [2.45, 2.75) is 39.8 Å². The van der Waals surface area contributed by atoms with Gasteiger partial charge in [-0.15, -0.1) is 34.2 Å². The van der Waals surface area contributed by atoms with Crippen molar-refractivity contribution in [3.05, 3.63) is 42.5 Å². The molecule has 2 aromatic rings. The van der Waals surface area contributed by atoms with Crippen molar-refractivity contribution in [2.24, 2.45) is 4.99 Å². The lowest BCUT2D eigenvalue weighted by atomic mass is 10.3. The number of hydrogen-bond acceptors (Lipinski definition) is 3. The summed E-state index contributed by atoms with van der Waals surface area (Å²) in [5.41, 5.74) is 1.04. The molecular weight excluding hydrogens is 403 g/mol. The van der Waals surface area contributed by atoms with Crippen LogP contribution < -0.4 is 10.6 Å². The maximum Gasteiger partial charge on any atom is 0.191 e. The fourth-order valence-electron chi connectivity index (χ4n) is 1.98. The lowest BCUT2D eigenvalue weighted by molar-refractivity contribution is 0.623. The highest BCUT2D eigenvalue weighted by molar-refractivity contribution is 14.0. The normalized spacial score (nSPS) is 12.4. The summed E-state index contributed by atoms with van der Waals surface area (Å²) in [6, 6.07) is 10.4. The topological polar surface area (TPSA) is 67.1 Å². The predicted molar refractivity (Wildman–Crippen MR) is 104 cm³/mol. The molecule has 2 N–H and O–H groups in total. The molecule has 1 unspecified atom stereocenters. The van der Waals surface area contributed by atoms with Crippen LogP contribution in [-0.2, 0) is 6.54 Å². The van der Waals surface area contributed by atoms with Crippen molar-refractivity contribution >= 4 is 29.9 Å². The molecule has 2 rings (SSSR count). The second kappa shape index (κ2) is 10.2. The molecule has 126 valence electrons. The zero-order chi connectivity index (χ0) is 15.8. The molecule has 7 heteroatoms. The highest BCUT2D eigenvalue weighted by atomic mass is 127. The second-order valence-corrected chi connectivity index (χ2v) is 5.10. The molecule has 0 bridgehead atoms. The first kappa shape index (κ1) is 19.4. The van der Waals surface area contributed by atoms with E-state index in [2.05, 4.69) is 46.6 Å². The first-order valence-electron chi connectivity index (χ1n) is 7.73. The summed E-state index contributed by atoms with van der Waals surface area (Å²) in [6.07, 6.45) is 2.76. The van der Waals surface area contributed by atoms with Crippen LogP contribution in [0.15, 0.2) is 41.7 Å². The van der Waals surface area contributed by atoms with Gasteiger partial charge in [-0.3, -0.25) is 4.57 Å². The molecule has 0 amide bonds. The first-order chi connectivity index (χ1) is 10.7. The van der Waals surface area contributed by atoms with E-state index in [4.69, 9.17) is 0 Å². The molecule has 0 radical (unpaired) electrons. The van der Waals surface area contributed by atoms with Gasteiger partial charge >= 0.3 is 0 Å². The maximum absolute atomic E-state index is 4.60. The summed E-state index contributed by atoms with van der Waals surface area (Å²) in [7, 11) is 0. The Labute approximate surface area is 154 Å². The van der Waals surface area contributed by atoms with Gasteiger partial charge in [0.25, 0.3) is 0 Å². The minimum atomic E-state index is 0. The largest absolute Gasteiger partial charge is 0.357 e. The predicted octanol–water partition coefficient (Wildman–Crippen LogP) is 2.74. The number of benzene rings is 1. The standard InChI is InChI=1S/C16H24N6.HI/c1-4-13(3)20-16(17-5-2)18-11-15-21-19-12-22(15)14-9-7-6-8-10-14;/h6-10,12-13H,4-5,11H2,1-3H3,(H2,17,18,20);1H. The molecule has 23 heavy (non-hydrogen) atoms. The van der Waals surface area contributed by atoms with Gasteiger partial charge in [0.05, 0.1) is 0 Å². The van der Waals surface area contributed by atoms with Crippen molar-refractivity contribution in [2.75, 3.05) is 6.54 Å². The van der Waals surface area contributed by atoms with Gasteiger partial charge in [0, 0.05) is 18.3 Å². The first-order valence-corrected chi connectivity index (χ1v) is 7.73. The Morgan fingerprint density at radius 1 is 1.26 bits per heavy atom. The number of hydrogen-bond donors (Lipinski definition) is 2. The summed E-state index contributed by atoms with van der Waals surface area (Å²) in [5, 5.41) is 14.8. The number of aliphatic imine (C=N–C) groups is 1. The van der Waals surface area contributed by atoms with E-state index in [0.29, 0.717) is 12.6 Å². The number of guanidine groups is 1. The van der Waals surface area contributed by atoms with E-state index in [1.165, 1.54) is 0 Å². The minimum absolute atomic E-state index is 0. The number of nitrogens with one attached hydrogen (secondary N) is 2. The third-order valence-electron chi connectivity index (χ3n) is 3.37. The Balaban J connectivity index is 0.00000264. The van der Waals surface area contributed by atoms with Gasteiger partial charge in [-0.2, -0.15) is 0 Å². The number of nitrogens with zero attached hydrogens (tertiary/aromatic N) is 4. The molecule has 0 aliphatic rings. The molecule has 0 fully saturated rings. The molecule has 1 atom stereocenters. The van der Waals surface area contributed by atoms with E-state index in [9.17, 15) is 0 Å². The van der Waals surface area contributed by atoms with Gasteiger partial charge < -0.3 is 10.6 Å². The summed E-state index contributed by atoms with van der Waals surface area (Å²) in [4.78, 5) is 4.60. The number of halogens is 1. The lowest BCUT2D eigenvalue weighted by Crippen LogP contribution is -2.42. The Bertz CT molecular complexity index is 596. The van der Waals surface area contributed by atoms with Gasteiger partial charge in [0.15, 0.2) is 11.8 Å². The number of para-hydroxylation sites is 1. The third kappa shape index (κ3) is 5.81. The summed E-state index contributed by atoms with van der Waals surface area (Å²) >= 11 is 0. The van der Waals surface area contributed by atoms with Crippen LogP contribution in [0.25, 0.3) is 5.69 Å². The summed E-state index contributed by atoms with van der Waals surface area (Å²) in [5.74, 6) is 1.62. The van der Waals surface area contributed by atoms with Crippen molar-refractivity contribution in [3.8, 4) is 5.69 Å². The minimum Gasteiger partial charge on any atom is -0.357 e. The van der Waals surface area contributed by atoms with Crippen LogP contribution in [0.3, 0.4) is 0 Å². The highest BCUT2D eigenvalue weighted by Gasteiger charge is 2.07. The van der Waals surface area contributed by atoms with Gasteiger partial charge in [-0.1, -0.05) is 25.1 Å². The Kier molecular flexibility index (Phi) is 8.60. The third-order valence-corrected chi connectivity index (χ3v) is 3.37. The van der Waals surface area contributed by atoms with Gasteiger partial charge in [0.2, 0.25) is 0 Å². The molecule has 0 aliphatic heterocycles. The molecular formula is C16H25IN6. The van der Waals surface area contributed by atoms with Crippen LogP contribution in [-0.4, -0.2) is 33.3 Å². The molecule has 1 aromatic carbocycles. The lowest BCUT2D eigenvalue weighted by Gasteiger charge is -2.16. The van der Waals surface area contributed by atoms with E-state index < -0.39 is 0 Å². The number of aromatic nitrogens is 3. The van der Waals surface area contributed by atoms with Crippen molar-refractivity contribution in [1.29, 1.82) is 0 Å². The van der Waals surface area contributed by atoms with Crippen LogP contribution in [0, 0.1) is 0 Å². The molecule has 0 aliphatic carbocycles. The van der Waals surface area contributed by atoms with Crippen molar-refractivity contribution in [1.82, 2.24) is 25.4 Å². The summed E-state index contributed by atoms with van der Waals surface area (Å²) in [6.45, 7) is 7.64. The molecule has 0 saturated carbocycles. The van der Waals surface area contributed by atoms with E-state index in [1.807, 2.05) is 34.9 Å². The molecule has 0 spiro atoms. The number of rotatable bonds is 6. The summed E-state index contributed by atoms with van der Waals surface area (Å²) < 4.78 is 1.95. The van der Waals surface area contributed by atoms with Crippen LogP contribution in [0.1, 0.15) is 33.0 Å². The monoisotopic (exact) mass is 428 g/mol. The van der Waals surface area contributed by atoms with E-state index in [-0.39, 0.29) is 24.0 Å². The smallest absolute Gasteiger partial charge is 0.191 e. The molecule has 0 saturated heterocycles. The van der Waals surface area contributed by atoms with E-state index in [0.717, 1.165) is 30.4 Å². The Hall–Kier alpha value is -1.64. The van der Waals surface area contributed by atoms with Crippen LogP contribution in [0.2, 0.25) is 0 Å². The zero-order valence-corrected chi connectivity index (χ0v) is 16.2. The van der Waals surface area contributed by atoms with E-state index >= 15 is 0 Å². The molecule has 1 aromatic heterocycles. The van der Waals surface area contributed by atoms with Gasteiger partial charge in [-0.05, 0) is 32.4 Å². The fraction of sp³-hybridized carbons (Fsp3) is 0.438. The molecule has 6 nitrogen and oxygen atoms in total. The van der Waals surface area contributed by atoms with Crippen molar-refractivity contribution in [3.63, 3.8) is 0 Å². The van der Waals surface area contributed by atoms with Gasteiger partial charge in [0.1, 0.15) is 12.9 Å². The SMILES string of the molecule is CCNC(=NCc1nncn1-c1ccccc1)NC(C)CC.I. The molecule has 1 heterocycles. The average molecular weight is 428 g/mol. The Morgan fingerprint density at radius 2 is 2.00 bits per heavy atom. The average Bonchev–Trinajstić information content (AvgIpc) is 3.02. The quantitative estimate of drug-likeness (QED) is 0.422. The van der Waals surface area contributed by atoms with Crippen LogP contribution in [0.5, 0.6) is 0 Å². The highest BCUT2D eigenvalue weighted by Crippen LogP contribution is 2.09. The zero-order valence-electron chi connectivity index (χ0n) is 13.9. The van der Waals surface area contributed by atoms with Crippen LogP contribution in [0.4, 0.5) is 0 Å². The second-order valence-electron chi connectivity index (χ2n) is 5.10. The fourth-order valence-corrected chi connectivity index (χ4v) is 1.98. The Morgan fingerprint density at radius 3 is 2.65 bits per heavy atom. The van der Waals surface area contributed by atoms with Crippen LogP contribution >= 0.6 is 24.0 Å². The van der Waals surface area contributed by atoms with E-state index in [1.54, 1.807) is 6.33 Å².